The molecular formula is C23H25ClN4O. The quantitative estimate of drug-likeness (QED) is 0.461. The molecule has 0 bridgehead atoms. The van der Waals surface area contributed by atoms with E-state index in [-0.39, 0.29) is 5.56 Å². The molecule has 0 fully saturated rings. The number of nitrogens with zero attached hydrogens (tertiary/aromatic N) is 2. The van der Waals surface area contributed by atoms with Gasteiger partial charge in [-0.3, -0.25) is 4.79 Å². The fourth-order valence-corrected chi connectivity index (χ4v) is 3.07. The minimum absolute atomic E-state index is 0.000974. The second kappa shape index (κ2) is 10.5. The van der Waals surface area contributed by atoms with E-state index < -0.39 is 0 Å². The molecule has 3 rings (SSSR count). The van der Waals surface area contributed by atoms with Crippen molar-refractivity contribution in [3.05, 3.63) is 105 Å². The van der Waals surface area contributed by atoms with E-state index in [4.69, 9.17) is 11.6 Å². The predicted molar refractivity (Wildman–Crippen MR) is 119 cm³/mol. The first kappa shape index (κ1) is 20.7. The number of halogens is 1. The van der Waals surface area contributed by atoms with Gasteiger partial charge in [-0.1, -0.05) is 60.1 Å². The molecule has 0 aliphatic rings. The number of hydrogen-bond acceptors (Lipinski definition) is 2. The van der Waals surface area contributed by atoms with Crippen molar-refractivity contribution in [1.29, 1.82) is 0 Å². The lowest BCUT2D eigenvalue weighted by Gasteiger charge is -2.12. The molecular weight excluding hydrogens is 384 g/mol. The third-order valence-electron chi connectivity index (χ3n) is 4.44. The zero-order chi connectivity index (χ0) is 20.5. The molecule has 0 saturated heterocycles. The van der Waals surface area contributed by atoms with E-state index >= 15 is 0 Å². The van der Waals surface area contributed by atoms with Gasteiger partial charge in [0.05, 0.1) is 13.1 Å². The van der Waals surface area contributed by atoms with E-state index in [9.17, 15) is 4.79 Å². The summed E-state index contributed by atoms with van der Waals surface area (Å²) in [5, 5.41) is 7.31. The Labute approximate surface area is 176 Å². The molecule has 0 atom stereocenters. The van der Waals surface area contributed by atoms with Crippen LogP contribution in [0.5, 0.6) is 0 Å². The Kier molecular flexibility index (Phi) is 7.47. The van der Waals surface area contributed by atoms with Crippen molar-refractivity contribution in [2.45, 2.75) is 26.6 Å². The molecule has 150 valence electrons. The molecule has 0 aliphatic heterocycles. The molecule has 3 aromatic rings. The second-order valence-electron chi connectivity index (χ2n) is 6.62. The van der Waals surface area contributed by atoms with Crippen molar-refractivity contribution >= 4 is 17.6 Å². The smallest absolute Gasteiger partial charge is 0.250 e. The second-order valence-corrected chi connectivity index (χ2v) is 7.03. The summed E-state index contributed by atoms with van der Waals surface area (Å²) in [4.78, 5) is 16.5. The highest BCUT2D eigenvalue weighted by molar-refractivity contribution is 6.31. The number of hydrogen-bond donors (Lipinski definition) is 2. The molecule has 0 radical (unpaired) electrons. The van der Waals surface area contributed by atoms with Crippen LogP contribution in [0.25, 0.3) is 0 Å². The van der Waals surface area contributed by atoms with Gasteiger partial charge in [-0.05, 0) is 35.7 Å². The average molecular weight is 409 g/mol. The van der Waals surface area contributed by atoms with E-state index in [0.29, 0.717) is 19.6 Å². The fraction of sp³-hybridized carbons (Fsp3) is 0.217. The number of benzene rings is 2. The minimum Gasteiger partial charge on any atom is -0.357 e. The van der Waals surface area contributed by atoms with Gasteiger partial charge in [-0.15, -0.1) is 0 Å². The summed E-state index contributed by atoms with van der Waals surface area (Å²) < 4.78 is 1.69. The van der Waals surface area contributed by atoms with Gasteiger partial charge < -0.3 is 15.2 Å². The lowest BCUT2D eigenvalue weighted by molar-refractivity contribution is 0.759. The third kappa shape index (κ3) is 6.22. The van der Waals surface area contributed by atoms with Crippen LogP contribution in [0, 0.1) is 0 Å². The molecule has 0 saturated carbocycles. The summed E-state index contributed by atoms with van der Waals surface area (Å²) in [6.45, 7) is 4.54. The van der Waals surface area contributed by atoms with Crippen LogP contribution in [-0.4, -0.2) is 17.1 Å². The largest absolute Gasteiger partial charge is 0.357 e. The Morgan fingerprint density at radius 2 is 1.69 bits per heavy atom. The number of rotatable bonds is 7. The molecule has 29 heavy (non-hydrogen) atoms. The van der Waals surface area contributed by atoms with E-state index in [1.807, 2.05) is 61.5 Å². The summed E-state index contributed by atoms with van der Waals surface area (Å²) in [6.07, 6.45) is 1.80. The highest BCUT2D eigenvalue weighted by Gasteiger charge is 2.02. The van der Waals surface area contributed by atoms with Crippen molar-refractivity contribution in [2.24, 2.45) is 4.99 Å². The number of aromatic nitrogens is 1. The van der Waals surface area contributed by atoms with Gasteiger partial charge in [0.1, 0.15) is 0 Å². The van der Waals surface area contributed by atoms with Crippen molar-refractivity contribution in [3.63, 3.8) is 0 Å². The molecule has 2 aromatic carbocycles. The Hall–Kier alpha value is -3.05. The molecule has 0 aliphatic carbocycles. The molecule has 2 N–H and O–H groups in total. The number of aliphatic imine (C=N–C) groups is 1. The summed E-state index contributed by atoms with van der Waals surface area (Å²) in [6, 6.07) is 21.1. The van der Waals surface area contributed by atoms with Crippen molar-refractivity contribution in [1.82, 2.24) is 15.2 Å². The molecule has 5 nitrogen and oxygen atoms in total. The van der Waals surface area contributed by atoms with Crippen LogP contribution in [0.3, 0.4) is 0 Å². The third-order valence-corrected chi connectivity index (χ3v) is 4.81. The summed E-state index contributed by atoms with van der Waals surface area (Å²) in [5.41, 5.74) is 3.21. The maximum atomic E-state index is 11.8. The van der Waals surface area contributed by atoms with Crippen molar-refractivity contribution < 1.29 is 0 Å². The first-order valence-electron chi connectivity index (χ1n) is 9.64. The van der Waals surface area contributed by atoms with Gasteiger partial charge in [-0.25, -0.2) is 4.99 Å². The Bertz CT molecular complexity index is 1010. The summed E-state index contributed by atoms with van der Waals surface area (Å²) >= 11 is 6.22. The average Bonchev–Trinajstić information content (AvgIpc) is 2.74. The summed E-state index contributed by atoms with van der Waals surface area (Å²) in [7, 11) is 0. The fourth-order valence-electron chi connectivity index (χ4n) is 2.87. The van der Waals surface area contributed by atoms with Crippen LogP contribution >= 0.6 is 11.6 Å². The highest BCUT2D eigenvalue weighted by atomic mass is 35.5. The first-order chi connectivity index (χ1) is 14.2. The zero-order valence-electron chi connectivity index (χ0n) is 16.4. The highest BCUT2D eigenvalue weighted by Crippen LogP contribution is 2.14. The van der Waals surface area contributed by atoms with Crippen LogP contribution in [0.15, 0.2) is 82.7 Å². The Balaban J connectivity index is 1.61. The van der Waals surface area contributed by atoms with Gasteiger partial charge in [0.15, 0.2) is 5.96 Å². The van der Waals surface area contributed by atoms with Crippen LogP contribution in [0.4, 0.5) is 0 Å². The topological polar surface area (TPSA) is 58.4 Å². The van der Waals surface area contributed by atoms with Crippen LogP contribution in [-0.2, 0) is 19.6 Å². The Morgan fingerprint density at radius 1 is 0.966 bits per heavy atom. The van der Waals surface area contributed by atoms with Gasteiger partial charge in [0.2, 0.25) is 0 Å². The standard InChI is InChI=1S/C23H25ClN4O/c1-2-25-23(27-16-20-7-3-4-8-21(20)24)26-15-18-10-12-19(13-11-18)17-28-14-6-5-9-22(28)29/h3-14H,2,15-17H2,1H3,(H2,25,26,27). The summed E-state index contributed by atoms with van der Waals surface area (Å²) in [5.74, 6) is 0.743. The molecule has 1 aromatic heterocycles. The maximum absolute atomic E-state index is 11.8. The minimum atomic E-state index is 0.000974. The van der Waals surface area contributed by atoms with Crippen molar-refractivity contribution in [3.8, 4) is 0 Å². The Morgan fingerprint density at radius 3 is 2.41 bits per heavy atom. The lowest BCUT2D eigenvalue weighted by atomic mass is 10.1. The van der Waals surface area contributed by atoms with E-state index in [1.165, 1.54) is 0 Å². The molecule has 6 heteroatoms. The van der Waals surface area contributed by atoms with Crippen molar-refractivity contribution in [2.75, 3.05) is 6.54 Å². The first-order valence-corrected chi connectivity index (χ1v) is 10.0. The maximum Gasteiger partial charge on any atom is 0.250 e. The SMILES string of the molecule is CCNC(=NCc1ccc(Cn2ccccc2=O)cc1)NCc1ccccc1Cl. The van der Waals surface area contributed by atoms with E-state index in [1.54, 1.807) is 22.9 Å². The predicted octanol–water partition coefficient (Wildman–Crippen LogP) is 3.81. The molecule has 0 unspecified atom stereocenters. The van der Waals surface area contributed by atoms with Gasteiger partial charge in [0, 0.05) is 30.4 Å². The van der Waals surface area contributed by atoms with E-state index in [2.05, 4.69) is 15.6 Å². The van der Waals surface area contributed by atoms with Crippen LogP contribution in [0.2, 0.25) is 5.02 Å². The monoisotopic (exact) mass is 408 g/mol. The number of pyridine rings is 1. The normalized spacial score (nSPS) is 11.3. The number of guanidine groups is 1. The van der Waals surface area contributed by atoms with E-state index in [0.717, 1.165) is 34.2 Å². The zero-order valence-corrected chi connectivity index (χ0v) is 17.2. The van der Waals surface area contributed by atoms with Crippen LogP contribution < -0.4 is 16.2 Å². The molecule has 0 spiro atoms. The van der Waals surface area contributed by atoms with Crippen LogP contribution in [0.1, 0.15) is 23.6 Å². The van der Waals surface area contributed by atoms with Gasteiger partial charge >= 0.3 is 0 Å². The molecule has 0 amide bonds. The van der Waals surface area contributed by atoms with Gasteiger partial charge in [0.25, 0.3) is 5.56 Å². The number of nitrogens with one attached hydrogen (secondary N) is 2. The van der Waals surface area contributed by atoms with Gasteiger partial charge in [-0.2, -0.15) is 0 Å². The molecule has 1 heterocycles. The lowest BCUT2D eigenvalue weighted by Crippen LogP contribution is -2.36.